The molecule has 1 rings (SSSR count). The predicted octanol–water partition coefficient (Wildman–Crippen LogP) is 3.04. The third-order valence-electron chi connectivity index (χ3n) is 4.01. The Labute approximate surface area is 120 Å². The van der Waals surface area contributed by atoms with Gasteiger partial charge in [0, 0.05) is 18.7 Å². The molecule has 2 unspecified atom stereocenters. The van der Waals surface area contributed by atoms with Gasteiger partial charge >= 0.3 is 0 Å². The summed E-state index contributed by atoms with van der Waals surface area (Å²) in [5.74, 6) is 0. The molecule has 1 aliphatic rings. The fourth-order valence-corrected chi connectivity index (χ4v) is 2.70. The van der Waals surface area contributed by atoms with Crippen molar-refractivity contribution < 1.29 is 4.74 Å². The maximum atomic E-state index is 5.60. The van der Waals surface area contributed by atoms with E-state index in [4.69, 9.17) is 4.74 Å². The van der Waals surface area contributed by atoms with E-state index < -0.39 is 0 Å². The first-order chi connectivity index (χ1) is 9.11. The lowest BCUT2D eigenvalue weighted by Gasteiger charge is -2.32. The molecule has 2 atom stereocenters. The van der Waals surface area contributed by atoms with Gasteiger partial charge in [0.2, 0.25) is 0 Å². The normalized spacial score (nSPS) is 26.4. The van der Waals surface area contributed by atoms with Gasteiger partial charge in [-0.3, -0.25) is 0 Å². The van der Waals surface area contributed by atoms with Crippen LogP contribution in [-0.4, -0.2) is 49.3 Å². The van der Waals surface area contributed by atoms with E-state index >= 15 is 0 Å². The lowest BCUT2D eigenvalue weighted by Crippen LogP contribution is -2.44. The number of hydrogen-bond donors (Lipinski definition) is 1. The second-order valence-electron chi connectivity index (χ2n) is 6.22. The van der Waals surface area contributed by atoms with E-state index in [1.165, 1.54) is 51.7 Å². The smallest absolute Gasteiger partial charge is 0.0518 e. The van der Waals surface area contributed by atoms with Crippen molar-refractivity contribution in [3.8, 4) is 0 Å². The summed E-state index contributed by atoms with van der Waals surface area (Å²) in [5, 5.41) is 3.73. The van der Waals surface area contributed by atoms with Crippen LogP contribution < -0.4 is 5.32 Å². The SMILES string of the molecule is CCC1CCN(CCCCOC(C)C)CCC(C)N1. The molecule has 1 saturated heterocycles. The topological polar surface area (TPSA) is 24.5 Å². The largest absolute Gasteiger partial charge is 0.379 e. The Hall–Kier alpha value is -0.120. The van der Waals surface area contributed by atoms with Crippen molar-refractivity contribution in [1.82, 2.24) is 10.2 Å². The van der Waals surface area contributed by atoms with Crippen LogP contribution in [0.3, 0.4) is 0 Å². The van der Waals surface area contributed by atoms with Gasteiger partial charge in [0.1, 0.15) is 0 Å². The van der Waals surface area contributed by atoms with Crippen LogP contribution in [0.2, 0.25) is 0 Å². The molecule has 1 aliphatic heterocycles. The van der Waals surface area contributed by atoms with Crippen LogP contribution in [0.1, 0.15) is 59.8 Å². The van der Waals surface area contributed by atoms with Gasteiger partial charge in [0.25, 0.3) is 0 Å². The van der Waals surface area contributed by atoms with E-state index in [-0.39, 0.29) is 0 Å². The molecule has 0 saturated carbocycles. The van der Waals surface area contributed by atoms with Gasteiger partial charge in [-0.15, -0.1) is 0 Å². The first-order valence-corrected chi connectivity index (χ1v) is 8.21. The zero-order valence-electron chi connectivity index (χ0n) is 13.5. The van der Waals surface area contributed by atoms with Crippen molar-refractivity contribution in [2.75, 3.05) is 26.2 Å². The number of nitrogens with one attached hydrogen (secondary N) is 1. The number of nitrogens with zero attached hydrogens (tertiary/aromatic N) is 1. The Morgan fingerprint density at radius 3 is 2.63 bits per heavy atom. The molecular weight excluding hydrogens is 236 g/mol. The summed E-state index contributed by atoms with van der Waals surface area (Å²) in [6.07, 6.45) is 6.66. The second kappa shape index (κ2) is 9.73. The molecule has 1 N–H and O–H groups in total. The Balaban J connectivity index is 2.17. The Kier molecular flexibility index (Phi) is 8.67. The second-order valence-corrected chi connectivity index (χ2v) is 6.22. The average molecular weight is 270 g/mol. The van der Waals surface area contributed by atoms with Crippen molar-refractivity contribution in [2.24, 2.45) is 0 Å². The van der Waals surface area contributed by atoms with E-state index in [0.29, 0.717) is 18.2 Å². The minimum atomic E-state index is 0.374. The molecule has 0 spiro atoms. The van der Waals surface area contributed by atoms with Crippen LogP contribution in [0.25, 0.3) is 0 Å². The van der Waals surface area contributed by atoms with E-state index in [1.54, 1.807) is 0 Å². The maximum Gasteiger partial charge on any atom is 0.0518 e. The zero-order valence-corrected chi connectivity index (χ0v) is 13.5. The quantitative estimate of drug-likeness (QED) is 0.720. The van der Waals surface area contributed by atoms with E-state index in [2.05, 4.69) is 37.9 Å². The summed E-state index contributed by atoms with van der Waals surface area (Å²) in [6, 6.07) is 1.37. The Morgan fingerprint density at radius 2 is 1.95 bits per heavy atom. The van der Waals surface area contributed by atoms with Crippen LogP contribution in [0.15, 0.2) is 0 Å². The number of rotatable bonds is 7. The highest BCUT2D eigenvalue weighted by Gasteiger charge is 2.17. The fourth-order valence-electron chi connectivity index (χ4n) is 2.70. The average Bonchev–Trinajstić information content (AvgIpc) is 2.36. The monoisotopic (exact) mass is 270 g/mol. The molecule has 0 aliphatic carbocycles. The number of unbranched alkanes of at least 4 members (excludes halogenated alkanes) is 1. The van der Waals surface area contributed by atoms with Crippen molar-refractivity contribution >= 4 is 0 Å². The van der Waals surface area contributed by atoms with Crippen LogP contribution >= 0.6 is 0 Å². The molecule has 0 aromatic carbocycles. The molecular formula is C16H34N2O. The van der Waals surface area contributed by atoms with Gasteiger partial charge in [-0.05, 0) is 72.5 Å². The predicted molar refractivity (Wildman–Crippen MR) is 82.7 cm³/mol. The standard InChI is InChI=1S/C16H34N2O/c1-5-16-9-12-18(11-8-15(4)17-16)10-6-7-13-19-14(2)3/h14-17H,5-13H2,1-4H3. The lowest BCUT2D eigenvalue weighted by molar-refractivity contribution is 0.0737. The third-order valence-corrected chi connectivity index (χ3v) is 4.01. The highest BCUT2D eigenvalue weighted by atomic mass is 16.5. The van der Waals surface area contributed by atoms with Gasteiger partial charge in [0.05, 0.1) is 6.10 Å². The molecule has 1 fully saturated rings. The summed E-state index contributed by atoms with van der Waals surface area (Å²) in [7, 11) is 0. The lowest BCUT2D eigenvalue weighted by atomic mass is 10.1. The molecule has 3 heteroatoms. The van der Waals surface area contributed by atoms with Crippen LogP contribution in [0, 0.1) is 0 Å². The third kappa shape index (κ3) is 7.91. The maximum absolute atomic E-state index is 5.60. The summed E-state index contributed by atoms with van der Waals surface area (Å²) >= 11 is 0. The first kappa shape index (κ1) is 16.9. The van der Waals surface area contributed by atoms with Crippen molar-refractivity contribution in [1.29, 1.82) is 0 Å². The van der Waals surface area contributed by atoms with Gasteiger partial charge in [-0.2, -0.15) is 0 Å². The van der Waals surface area contributed by atoms with E-state index in [9.17, 15) is 0 Å². The highest BCUT2D eigenvalue weighted by molar-refractivity contribution is 4.76. The zero-order chi connectivity index (χ0) is 14.1. The molecule has 0 amide bonds. The van der Waals surface area contributed by atoms with Gasteiger partial charge < -0.3 is 15.0 Å². The minimum Gasteiger partial charge on any atom is -0.379 e. The summed E-state index contributed by atoms with van der Waals surface area (Å²) in [6.45, 7) is 13.5. The van der Waals surface area contributed by atoms with E-state index in [1.807, 2.05) is 0 Å². The van der Waals surface area contributed by atoms with E-state index in [0.717, 1.165) is 6.61 Å². The van der Waals surface area contributed by atoms with Crippen LogP contribution in [0.5, 0.6) is 0 Å². The molecule has 0 radical (unpaired) electrons. The van der Waals surface area contributed by atoms with Gasteiger partial charge in [-0.1, -0.05) is 6.92 Å². The minimum absolute atomic E-state index is 0.374. The van der Waals surface area contributed by atoms with Gasteiger partial charge in [0.15, 0.2) is 0 Å². The number of hydrogen-bond acceptors (Lipinski definition) is 3. The summed E-state index contributed by atoms with van der Waals surface area (Å²) < 4.78 is 5.60. The molecule has 0 aromatic heterocycles. The van der Waals surface area contributed by atoms with Crippen molar-refractivity contribution in [3.63, 3.8) is 0 Å². The molecule has 1 heterocycles. The van der Waals surface area contributed by atoms with Crippen LogP contribution in [0.4, 0.5) is 0 Å². The molecule has 3 nitrogen and oxygen atoms in total. The molecule has 19 heavy (non-hydrogen) atoms. The van der Waals surface area contributed by atoms with Crippen LogP contribution in [-0.2, 0) is 4.74 Å². The Morgan fingerprint density at radius 1 is 1.21 bits per heavy atom. The van der Waals surface area contributed by atoms with Gasteiger partial charge in [-0.25, -0.2) is 0 Å². The first-order valence-electron chi connectivity index (χ1n) is 8.21. The number of ether oxygens (including phenoxy) is 1. The molecule has 0 bridgehead atoms. The highest BCUT2D eigenvalue weighted by Crippen LogP contribution is 2.10. The van der Waals surface area contributed by atoms with Crippen molar-refractivity contribution in [2.45, 2.75) is 78.0 Å². The Bertz CT molecular complexity index is 221. The molecule has 0 aromatic rings. The fraction of sp³-hybridized carbons (Fsp3) is 1.00. The summed E-state index contributed by atoms with van der Waals surface area (Å²) in [5.41, 5.74) is 0. The molecule has 114 valence electrons. The summed E-state index contributed by atoms with van der Waals surface area (Å²) in [4.78, 5) is 2.65. The van der Waals surface area contributed by atoms with Crippen molar-refractivity contribution in [3.05, 3.63) is 0 Å².